The summed E-state index contributed by atoms with van der Waals surface area (Å²) in [6.07, 6.45) is -5.27. The van der Waals surface area contributed by atoms with Crippen molar-refractivity contribution >= 4 is 11.9 Å². The van der Waals surface area contributed by atoms with Crippen LogP contribution in [0, 0.1) is 0 Å². The van der Waals surface area contributed by atoms with Crippen molar-refractivity contribution < 1.29 is 34.8 Å². The van der Waals surface area contributed by atoms with Gasteiger partial charge in [-0.15, -0.1) is 0 Å². The molecule has 0 aromatic carbocycles. The molecule has 5 N–H and O–H groups in total. The normalized spacial score (nSPS) is 33.7. The third-order valence-corrected chi connectivity index (χ3v) is 2.21. The van der Waals surface area contributed by atoms with E-state index in [1.807, 2.05) is 5.32 Å². The number of amides is 1. The third kappa shape index (κ3) is 2.67. The molecule has 0 spiro atoms. The fourth-order valence-corrected chi connectivity index (χ4v) is 1.38. The molecule has 1 aliphatic heterocycles. The van der Waals surface area contributed by atoms with Crippen LogP contribution in [0.3, 0.4) is 0 Å². The molecule has 0 aromatic rings. The van der Waals surface area contributed by atoms with Gasteiger partial charge in [0.15, 0.2) is 6.10 Å². The van der Waals surface area contributed by atoms with Gasteiger partial charge in [-0.2, -0.15) is 0 Å². The molecular formula is C8H13NO7. The van der Waals surface area contributed by atoms with E-state index < -0.39 is 49.4 Å². The Morgan fingerprint density at radius 1 is 1.25 bits per heavy atom. The van der Waals surface area contributed by atoms with Crippen molar-refractivity contribution in [2.45, 2.75) is 24.4 Å². The van der Waals surface area contributed by atoms with Gasteiger partial charge in [-0.1, -0.05) is 0 Å². The Bertz CT molecular complexity index is 282. The number of rotatable bonds is 4. The topological polar surface area (TPSA) is 136 Å². The lowest BCUT2D eigenvalue weighted by molar-refractivity contribution is -0.142. The Morgan fingerprint density at radius 2 is 1.88 bits per heavy atom. The summed E-state index contributed by atoms with van der Waals surface area (Å²) in [5, 5.41) is 37.8. The second-order valence-electron chi connectivity index (χ2n) is 3.37. The summed E-state index contributed by atoms with van der Waals surface area (Å²) in [4.78, 5) is 21.5. The molecule has 0 saturated carbocycles. The summed E-state index contributed by atoms with van der Waals surface area (Å²) < 4.78 is 4.87. The molecule has 8 nitrogen and oxygen atoms in total. The second kappa shape index (κ2) is 5.21. The standard InChI is InChI=1S/C8H13NO7/c10-2-3-5(13)6(14)7(16-3)8(15)9-1-4(11)12/h3,5-7,10,13-14H,1-2H2,(H,9,15)(H,11,12)/t3-,5-,6-,7?/m1/s1. The first-order chi connectivity index (χ1) is 7.47. The largest absolute Gasteiger partial charge is 0.480 e. The van der Waals surface area contributed by atoms with Crippen molar-refractivity contribution in [1.82, 2.24) is 5.32 Å². The maximum absolute atomic E-state index is 11.3. The monoisotopic (exact) mass is 235 g/mol. The lowest BCUT2D eigenvalue weighted by atomic mass is 10.1. The lowest BCUT2D eigenvalue weighted by Crippen LogP contribution is -2.44. The van der Waals surface area contributed by atoms with E-state index in [1.54, 1.807) is 0 Å². The zero-order chi connectivity index (χ0) is 12.3. The molecule has 1 fully saturated rings. The van der Waals surface area contributed by atoms with Crippen LogP contribution in [0.25, 0.3) is 0 Å². The van der Waals surface area contributed by atoms with Crippen LogP contribution in [-0.4, -0.2) is 69.9 Å². The number of carbonyl (C=O) groups excluding carboxylic acids is 1. The molecule has 0 aliphatic carbocycles. The highest BCUT2D eigenvalue weighted by molar-refractivity contribution is 5.85. The van der Waals surface area contributed by atoms with Gasteiger partial charge in [0.2, 0.25) is 0 Å². The van der Waals surface area contributed by atoms with Gasteiger partial charge in [-0.05, 0) is 0 Å². The van der Waals surface area contributed by atoms with E-state index in [-0.39, 0.29) is 0 Å². The number of carboxylic acid groups (broad SMARTS) is 1. The van der Waals surface area contributed by atoms with Crippen LogP contribution in [0.5, 0.6) is 0 Å². The van der Waals surface area contributed by atoms with Gasteiger partial charge in [-0.3, -0.25) is 9.59 Å². The number of carboxylic acids is 1. The van der Waals surface area contributed by atoms with Crippen molar-refractivity contribution in [3.63, 3.8) is 0 Å². The zero-order valence-electron chi connectivity index (χ0n) is 8.24. The van der Waals surface area contributed by atoms with Crippen LogP contribution in [0.4, 0.5) is 0 Å². The molecular weight excluding hydrogens is 222 g/mol. The van der Waals surface area contributed by atoms with Crippen LogP contribution in [0.2, 0.25) is 0 Å². The minimum atomic E-state index is -1.48. The molecule has 16 heavy (non-hydrogen) atoms. The van der Waals surface area contributed by atoms with Crippen molar-refractivity contribution in [1.29, 1.82) is 0 Å². The molecule has 1 unspecified atom stereocenters. The quantitative estimate of drug-likeness (QED) is 0.343. The number of ether oxygens (including phenoxy) is 1. The highest BCUT2D eigenvalue weighted by Crippen LogP contribution is 2.20. The van der Waals surface area contributed by atoms with Gasteiger partial charge < -0.3 is 30.5 Å². The third-order valence-electron chi connectivity index (χ3n) is 2.21. The van der Waals surface area contributed by atoms with Crippen molar-refractivity contribution in [3.8, 4) is 0 Å². The van der Waals surface area contributed by atoms with Crippen molar-refractivity contribution in [2.75, 3.05) is 13.2 Å². The van der Waals surface area contributed by atoms with Gasteiger partial charge in [0, 0.05) is 0 Å². The van der Waals surface area contributed by atoms with E-state index in [0.717, 1.165) is 0 Å². The summed E-state index contributed by atoms with van der Waals surface area (Å²) in [6, 6.07) is 0. The van der Waals surface area contributed by atoms with E-state index in [4.69, 9.17) is 14.9 Å². The Balaban J connectivity index is 2.54. The van der Waals surface area contributed by atoms with Gasteiger partial charge in [0.25, 0.3) is 5.91 Å². The minimum Gasteiger partial charge on any atom is -0.480 e. The summed E-state index contributed by atoms with van der Waals surface area (Å²) in [7, 11) is 0. The molecule has 0 aromatic heterocycles. The minimum absolute atomic E-state index is 0.541. The van der Waals surface area contributed by atoms with E-state index >= 15 is 0 Å². The summed E-state index contributed by atoms with van der Waals surface area (Å²) in [5.74, 6) is -2.08. The number of hydrogen-bond donors (Lipinski definition) is 5. The van der Waals surface area contributed by atoms with Crippen LogP contribution < -0.4 is 5.32 Å². The molecule has 1 aliphatic rings. The van der Waals surface area contributed by atoms with Gasteiger partial charge in [0.05, 0.1) is 6.61 Å². The fraction of sp³-hybridized carbons (Fsp3) is 0.750. The van der Waals surface area contributed by atoms with E-state index in [1.165, 1.54) is 0 Å². The highest BCUT2D eigenvalue weighted by Gasteiger charge is 2.45. The van der Waals surface area contributed by atoms with Crippen LogP contribution in [0.15, 0.2) is 0 Å². The van der Waals surface area contributed by atoms with Gasteiger partial charge in [0.1, 0.15) is 24.9 Å². The smallest absolute Gasteiger partial charge is 0.322 e. The maximum atomic E-state index is 11.3. The number of aliphatic hydroxyl groups is 3. The maximum Gasteiger partial charge on any atom is 0.322 e. The Morgan fingerprint density at radius 3 is 2.31 bits per heavy atom. The van der Waals surface area contributed by atoms with Crippen LogP contribution in [-0.2, 0) is 14.3 Å². The fourth-order valence-electron chi connectivity index (χ4n) is 1.38. The molecule has 1 amide bonds. The van der Waals surface area contributed by atoms with Crippen molar-refractivity contribution in [3.05, 3.63) is 0 Å². The van der Waals surface area contributed by atoms with Gasteiger partial charge in [-0.25, -0.2) is 0 Å². The molecule has 1 heterocycles. The molecule has 0 bridgehead atoms. The summed E-state index contributed by atoms with van der Waals surface area (Å²) >= 11 is 0. The van der Waals surface area contributed by atoms with E-state index in [0.29, 0.717) is 0 Å². The Hall–Kier alpha value is -1.22. The first-order valence-electron chi connectivity index (χ1n) is 4.59. The molecule has 92 valence electrons. The number of nitrogens with one attached hydrogen (secondary N) is 1. The molecule has 0 radical (unpaired) electrons. The Labute approximate surface area is 90.5 Å². The number of hydrogen-bond acceptors (Lipinski definition) is 6. The molecule has 1 saturated heterocycles. The lowest BCUT2D eigenvalue weighted by Gasteiger charge is -2.13. The summed E-state index contributed by atoms with van der Waals surface area (Å²) in [6.45, 7) is -1.15. The average Bonchev–Trinajstić information content (AvgIpc) is 2.52. The van der Waals surface area contributed by atoms with E-state index in [9.17, 15) is 19.8 Å². The Kier molecular flexibility index (Phi) is 4.19. The van der Waals surface area contributed by atoms with Crippen LogP contribution in [0.1, 0.15) is 0 Å². The van der Waals surface area contributed by atoms with Gasteiger partial charge >= 0.3 is 5.97 Å². The predicted molar refractivity (Wildman–Crippen MR) is 48.4 cm³/mol. The zero-order valence-corrected chi connectivity index (χ0v) is 8.24. The summed E-state index contributed by atoms with van der Waals surface area (Å²) in [5.41, 5.74) is 0. The van der Waals surface area contributed by atoms with E-state index in [2.05, 4.69) is 0 Å². The molecule has 1 rings (SSSR count). The second-order valence-corrected chi connectivity index (χ2v) is 3.37. The number of aliphatic hydroxyl groups excluding tert-OH is 3. The van der Waals surface area contributed by atoms with Crippen LogP contribution >= 0.6 is 0 Å². The first kappa shape index (κ1) is 12.8. The molecule has 4 atom stereocenters. The number of carbonyl (C=O) groups is 2. The molecule has 8 heteroatoms. The predicted octanol–water partition coefficient (Wildman–Crippen LogP) is -3.33. The first-order valence-corrected chi connectivity index (χ1v) is 4.59. The SMILES string of the molecule is O=C(O)CNC(=O)C1O[C@H](CO)[C@@H](O)[C@H]1O. The highest BCUT2D eigenvalue weighted by atomic mass is 16.6. The average molecular weight is 235 g/mol. The number of aliphatic carboxylic acids is 1. The van der Waals surface area contributed by atoms with Crippen molar-refractivity contribution in [2.24, 2.45) is 0 Å².